The van der Waals surface area contributed by atoms with Gasteiger partial charge in [0.25, 0.3) is 0 Å². The Hall–Kier alpha value is -14.0. The molecule has 144 heavy (non-hydrogen) atoms. The predicted octanol–water partition coefficient (Wildman–Crippen LogP) is -5.89. The maximum absolute atomic E-state index is 14.8. The maximum Gasteiger partial charge on any atom is 0.303 e. The number of aromatic nitrogens is 1. The number of likely N-dealkylation sites (N-methyl/N-ethyl adjacent to an activating group) is 1. The normalized spacial score (nSPS) is 15.8. The summed E-state index contributed by atoms with van der Waals surface area (Å²) in [4.78, 5) is 291. The number of nitrogens with one attached hydrogen (secondary N) is 19. The number of rotatable bonds is 66. The van der Waals surface area contributed by atoms with Gasteiger partial charge in [0.2, 0.25) is 100 Å². The lowest BCUT2D eigenvalue weighted by Gasteiger charge is -2.32. The number of phenolic OH excluding ortho intramolecular Hbond substituents is 1. The number of hydrazine groups is 1. The van der Waals surface area contributed by atoms with E-state index in [-0.39, 0.29) is 122 Å². The number of aliphatic carboxylic acids is 3. The molecule has 0 radical (unpaired) electrons. The number of nitrogens with zero attached hydrogens (tertiary/aromatic N) is 2. The zero-order chi connectivity index (χ0) is 107. The number of hydrogen-bond acceptors (Lipinski definition) is 30. The number of ketones is 3. The first-order valence-electron chi connectivity index (χ1n) is 47.4. The molecule has 0 aliphatic carbocycles. The van der Waals surface area contributed by atoms with Crippen LogP contribution in [0.25, 0.3) is 10.9 Å². The zero-order valence-electron chi connectivity index (χ0n) is 81.7. The topological polar surface area (TPSA) is 814 Å². The van der Waals surface area contributed by atoms with Crippen LogP contribution >= 0.6 is 0 Å². The number of benzene rings is 2. The number of phenols is 1. The summed E-state index contributed by atoms with van der Waals surface area (Å²) in [5.41, 5.74) is 30.7. The van der Waals surface area contributed by atoms with Crippen molar-refractivity contribution in [3.63, 3.8) is 0 Å². The standard InChI is InChI=1S/C87H133N25O26.C5H10.CH4/c1-46(75(127)103-58(28-32-71(122)123)78(130)101-47(2)76(128)107-60(18-8-10-34-88)85(137)111-37-13-20-63(111)84(136)109-62(40-50-41-96-54-17-7-6-15-52(50)54)82(134)108-61(74(126)66(116)42-94-5)39-49-22-24-51(114)25-23-49)100-68(118)44-97-77(129)56(27-31-70(120)121)106-83(135)64-21-14-38-112(64)86(138)73(48(3)113)110-81(133)59(29-33-72(124)125)105-79(131)55(19-12-36-95-87(91)92)104-80(132)57(26-30-67(90)117)102-69(119)45-99-98-43-65(115)53(89)16-9-11-35-93-4;1-4-5(2)3;/h6-7,15,17,22-25,41,46-48,53,55-64,73,93-94,96,98-99,113-114H,8-14,16,18-21,26-40,42-45,88-89H2,1-5H3,(H2,90,117)(H,97,129)(H,100,118)(H,101,130)(H,102,119)(H,103,127)(H,104,132)(H,105,131)(H,106,135)(H,107,128)(H,108,134)(H,109,136)(H,110,133)(H,120,121)(H,122,123)(H,124,125)(H4,91,92,95);2,4H2,1,3H3;1H4/t46?,47?,48-,53?,55+,56?,57+,58+,59+,60+,61+,62+,63+,64+,73+;;/m1../s1. The third-order valence-electron chi connectivity index (χ3n) is 23.2. The summed E-state index contributed by atoms with van der Waals surface area (Å²) >= 11 is 0. The van der Waals surface area contributed by atoms with E-state index in [1.165, 1.54) is 48.7 Å². The summed E-state index contributed by atoms with van der Waals surface area (Å²) in [6.45, 7) is 9.64. The minimum absolute atomic E-state index is 0. The number of H-pyrrole nitrogens is 1. The number of Topliss-reactive ketones (excluding diaryl/α,β-unsaturated/α-hetero) is 3. The second kappa shape index (κ2) is 65.2. The molecule has 2 aliphatic rings. The Balaban J connectivity index is 0.00000865. The van der Waals surface area contributed by atoms with Crippen LogP contribution in [-0.2, 0) is 114 Å². The molecule has 800 valence electrons. The van der Waals surface area contributed by atoms with Gasteiger partial charge in [0.15, 0.2) is 11.7 Å². The van der Waals surface area contributed by atoms with E-state index >= 15 is 0 Å². The van der Waals surface area contributed by atoms with E-state index in [0.29, 0.717) is 41.3 Å². The SMILES string of the molecule is C.C=C(C)CC.CNCCCCC(N)C(=O)CNNCC(=O)N[C@@H](CCC(N)=O)C(=O)N[C@@H](CCCNC(=N)N)C(=O)N[C@@H](CCC(=O)O)C(=O)N[C@H](C(=O)N1CCC[C@H]1C(=O)NC(CCC(=O)O)C(=O)NCC(=O)NC(C)C(=O)N[C@@H](CCC(=O)O)C(=O)NC(C)C(=O)N[C@@H](CCCCN)C(=O)N1CCC[C@H]1C(=O)N[C@@H](Cc1c[nH]c2ccccc12)C(=O)N[C@@H](Cc1ccc(O)cc1)C(=O)C(=O)CNC)[C@@H](C)O. The molecule has 51 heteroatoms. The number of carboxylic acids is 3. The number of aliphatic hydroxyl groups excluding tert-OH is 1. The number of allylic oxidation sites excluding steroid dienone is 1. The number of carbonyl (C=O) groups excluding carboxylic acids is 18. The van der Waals surface area contributed by atoms with Crippen LogP contribution in [0.3, 0.4) is 0 Å². The molecule has 5 rings (SSSR count). The highest BCUT2D eigenvalue weighted by atomic mass is 16.4. The summed E-state index contributed by atoms with van der Waals surface area (Å²) in [7, 11) is 3.24. The molecular weight excluding hydrogens is 1880 g/mol. The molecule has 32 N–H and O–H groups in total. The van der Waals surface area contributed by atoms with Crippen molar-refractivity contribution in [3.8, 4) is 5.75 Å². The molecule has 2 aromatic carbocycles. The molecule has 51 nitrogen and oxygen atoms in total. The van der Waals surface area contributed by atoms with Crippen molar-refractivity contribution >= 4 is 141 Å². The zero-order valence-corrected chi connectivity index (χ0v) is 81.7. The fraction of sp³-hybridized carbons (Fsp3) is 0.591. The first-order chi connectivity index (χ1) is 67.7. The van der Waals surface area contributed by atoms with Gasteiger partial charge in [-0.15, -0.1) is 6.58 Å². The fourth-order valence-corrected chi connectivity index (χ4v) is 15.1. The predicted molar refractivity (Wildman–Crippen MR) is 524 cm³/mol. The average molecular weight is 2030 g/mol. The third-order valence-corrected chi connectivity index (χ3v) is 23.2. The van der Waals surface area contributed by atoms with E-state index in [0.717, 1.165) is 38.1 Å². The van der Waals surface area contributed by atoms with E-state index in [4.69, 9.17) is 28.3 Å². The number of nitrogens with two attached hydrogens (primary N) is 4. The lowest BCUT2D eigenvalue weighted by molar-refractivity contribution is -0.145. The van der Waals surface area contributed by atoms with Gasteiger partial charge in [0.1, 0.15) is 78.3 Å². The summed E-state index contributed by atoms with van der Waals surface area (Å²) in [5, 5.41) is 95.7. The lowest BCUT2D eigenvalue weighted by Crippen LogP contribution is -2.61. The van der Waals surface area contributed by atoms with Crippen LogP contribution in [-0.4, -0.2) is 334 Å². The highest BCUT2D eigenvalue weighted by Gasteiger charge is 2.44. The molecule has 1 aromatic heterocycles. The van der Waals surface area contributed by atoms with Gasteiger partial charge < -0.3 is 143 Å². The largest absolute Gasteiger partial charge is 0.508 e. The van der Waals surface area contributed by atoms with E-state index in [9.17, 15) is 126 Å². The van der Waals surface area contributed by atoms with E-state index in [1.54, 1.807) is 37.5 Å². The average Bonchev–Trinajstić information content (AvgIpc) is 1.67. The van der Waals surface area contributed by atoms with Crippen LogP contribution in [0, 0.1) is 5.41 Å². The number of unbranched alkanes of at least 4 members (excludes halogenated alkanes) is 2. The molecule has 2 fully saturated rings. The van der Waals surface area contributed by atoms with Crippen LogP contribution in [0.4, 0.5) is 0 Å². The quantitative estimate of drug-likeness (QED) is 0.00625. The molecule has 3 heterocycles. The number of amides is 15. The molecule has 15 atom stereocenters. The molecule has 2 aliphatic heterocycles. The van der Waals surface area contributed by atoms with Crippen molar-refractivity contribution in [2.24, 2.45) is 22.9 Å². The highest BCUT2D eigenvalue weighted by Crippen LogP contribution is 2.25. The number of aromatic hydroxyl groups is 1. The summed E-state index contributed by atoms with van der Waals surface area (Å²) in [5.74, 6) is -22.4. The number of likely N-dealkylation sites (tertiary alicyclic amines) is 2. The van der Waals surface area contributed by atoms with Crippen LogP contribution in [0.1, 0.15) is 188 Å². The van der Waals surface area contributed by atoms with Crippen molar-refractivity contribution in [1.82, 2.24) is 105 Å². The molecule has 4 unspecified atom stereocenters. The van der Waals surface area contributed by atoms with Crippen LogP contribution < -0.4 is 114 Å². The second-order valence-electron chi connectivity index (χ2n) is 34.9. The molecule has 2 saturated heterocycles. The molecular formula is C93H147N25O26. The van der Waals surface area contributed by atoms with Crippen molar-refractivity contribution in [3.05, 3.63) is 78.0 Å². The van der Waals surface area contributed by atoms with Gasteiger partial charge in [-0.25, -0.2) is 10.9 Å². The minimum atomic E-state index is -1.98. The smallest absolute Gasteiger partial charge is 0.303 e. The molecule has 15 amide bonds. The number of carboxylic acid groups (broad SMARTS) is 3. The van der Waals surface area contributed by atoms with Crippen molar-refractivity contribution in [1.29, 1.82) is 5.41 Å². The number of primary amides is 1. The number of para-hydroxylation sites is 1. The number of carbonyl (C=O) groups is 21. The summed E-state index contributed by atoms with van der Waals surface area (Å²) < 4.78 is 0. The second-order valence-corrected chi connectivity index (χ2v) is 34.9. The van der Waals surface area contributed by atoms with Crippen LogP contribution in [0.5, 0.6) is 5.75 Å². The Morgan fingerprint density at radius 2 is 0.972 bits per heavy atom. The Morgan fingerprint density at radius 1 is 0.500 bits per heavy atom. The van der Waals surface area contributed by atoms with Gasteiger partial charge in [-0.05, 0) is 187 Å². The monoisotopic (exact) mass is 2030 g/mol. The lowest BCUT2D eigenvalue weighted by atomic mass is 9.98. The Bertz CT molecular complexity index is 4880. The molecule has 0 spiro atoms. The summed E-state index contributed by atoms with van der Waals surface area (Å²) in [6.07, 6.45) is -2.13. The van der Waals surface area contributed by atoms with E-state index in [1.807, 2.05) is 6.92 Å². The third kappa shape index (κ3) is 44.6. The van der Waals surface area contributed by atoms with Gasteiger partial charge in [-0.1, -0.05) is 56.7 Å². The van der Waals surface area contributed by atoms with Gasteiger partial charge in [0.05, 0.1) is 44.4 Å². The van der Waals surface area contributed by atoms with Gasteiger partial charge in [0, 0.05) is 75.3 Å². The van der Waals surface area contributed by atoms with Crippen molar-refractivity contribution in [2.75, 3.05) is 73.0 Å². The van der Waals surface area contributed by atoms with Crippen molar-refractivity contribution in [2.45, 2.75) is 280 Å². The van der Waals surface area contributed by atoms with Crippen LogP contribution in [0.15, 0.2) is 66.9 Å². The van der Waals surface area contributed by atoms with Crippen molar-refractivity contribution < 1.29 is 126 Å². The van der Waals surface area contributed by atoms with Crippen LogP contribution in [0.2, 0.25) is 0 Å². The number of guanidine groups is 1. The van der Waals surface area contributed by atoms with Gasteiger partial charge in [-0.2, -0.15) is 0 Å². The number of fused-ring (bicyclic) bond motifs is 1. The molecule has 0 bridgehead atoms. The Morgan fingerprint density at radius 3 is 1.51 bits per heavy atom. The fourth-order valence-electron chi connectivity index (χ4n) is 15.1. The molecule has 0 saturated carbocycles. The first kappa shape index (κ1) is 124. The highest BCUT2D eigenvalue weighted by molar-refractivity contribution is 6.40. The Kier molecular flexibility index (Phi) is 56.2. The van der Waals surface area contributed by atoms with Gasteiger partial charge in [-0.3, -0.25) is 106 Å². The van der Waals surface area contributed by atoms with E-state index in [2.05, 4.69) is 109 Å². The first-order valence-corrected chi connectivity index (χ1v) is 47.4. The molecule has 3 aromatic rings. The van der Waals surface area contributed by atoms with E-state index < -0.39 is 279 Å². The number of aromatic amines is 1. The van der Waals surface area contributed by atoms with Gasteiger partial charge >= 0.3 is 17.9 Å². The Labute approximate surface area is 834 Å². The maximum atomic E-state index is 14.8. The number of aliphatic hydroxyl groups is 1. The summed E-state index contributed by atoms with van der Waals surface area (Å²) in [6, 6.07) is -8.65. The minimum Gasteiger partial charge on any atom is -0.508 e. The number of hydrogen-bond donors (Lipinski definition) is 28.